The Morgan fingerprint density at radius 2 is 1.83 bits per heavy atom. The van der Waals surface area contributed by atoms with Crippen LogP contribution in [-0.4, -0.2) is 22.2 Å². The van der Waals surface area contributed by atoms with Crippen molar-refractivity contribution in [3.05, 3.63) is 71.2 Å². The number of nitrogens with zero attached hydrogens (tertiary/aromatic N) is 1. The van der Waals surface area contributed by atoms with Crippen LogP contribution in [0.5, 0.6) is 5.75 Å². The highest BCUT2D eigenvalue weighted by atomic mass is 16.5. The third-order valence-corrected chi connectivity index (χ3v) is 3.79. The number of aromatic amines is 1. The summed E-state index contributed by atoms with van der Waals surface area (Å²) < 4.78 is 5.24. The van der Waals surface area contributed by atoms with Gasteiger partial charge >= 0.3 is 0 Å². The molecule has 0 aliphatic heterocycles. The largest absolute Gasteiger partial charge is 0.497 e. The predicted molar refractivity (Wildman–Crippen MR) is 90.6 cm³/mol. The van der Waals surface area contributed by atoms with E-state index in [-0.39, 0.29) is 0 Å². The van der Waals surface area contributed by atoms with E-state index < -0.39 is 6.10 Å². The molecule has 1 unspecified atom stereocenters. The van der Waals surface area contributed by atoms with E-state index >= 15 is 0 Å². The topological polar surface area (TPSA) is 58.1 Å². The Kier molecular flexibility index (Phi) is 4.17. The number of hydrogen-bond acceptors (Lipinski definition) is 3. The Balaban J connectivity index is 1.91. The van der Waals surface area contributed by atoms with Crippen molar-refractivity contribution in [1.29, 1.82) is 0 Å². The summed E-state index contributed by atoms with van der Waals surface area (Å²) in [6, 6.07) is 13.8. The number of aryl methyl sites for hydroxylation is 2. The number of aliphatic hydroxyl groups excluding tert-OH is 1. The Hall–Kier alpha value is -2.59. The smallest absolute Gasteiger partial charge is 0.140 e. The standard InChI is InChI=1S/C19H20N2O2/c1-12-7-13(2)9-15(8-12)18(22)19-20-11-17(21-19)14-5-4-6-16(10-14)23-3/h4-11,18,22H,1-3H3,(H,20,21). The number of hydrogen-bond donors (Lipinski definition) is 2. The zero-order chi connectivity index (χ0) is 16.4. The minimum Gasteiger partial charge on any atom is -0.497 e. The minimum absolute atomic E-state index is 0.535. The number of methoxy groups -OCH3 is 1. The van der Waals surface area contributed by atoms with E-state index in [4.69, 9.17) is 4.74 Å². The molecule has 2 N–H and O–H groups in total. The lowest BCUT2D eigenvalue weighted by Gasteiger charge is -2.10. The second-order valence-electron chi connectivity index (χ2n) is 5.74. The van der Waals surface area contributed by atoms with Gasteiger partial charge in [0.05, 0.1) is 19.0 Å². The number of nitrogens with one attached hydrogen (secondary N) is 1. The molecule has 0 spiro atoms. The van der Waals surface area contributed by atoms with Gasteiger partial charge < -0.3 is 14.8 Å². The Labute approximate surface area is 135 Å². The van der Waals surface area contributed by atoms with Gasteiger partial charge in [0.15, 0.2) is 0 Å². The van der Waals surface area contributed by atoms with E-state index in [9.17, 15) is 5.11 Å². The molecule has 0 radical (unpaired) electrons. The van der Waals surface area contributed by atoms with Gasteiger partial charge in [-0.05, 0) is 31.5 Å². The summed E-state index contributed by atoms with van der Waals surface area (Å²) >= 11 is 0. The number of aromatic nitrogens is 2. The fraction of sp³-hybridized carbons (Fsp3) is 0.211. The van der Waals surface area contributed by atoms with E-state index in [1.807, 2.05) is 50.2 Å². The minimum atomic E-state index is -0.770. The van der Waals surface area contributed by atoms with Crippen LogP contribution in [-0.2, 0) is 0 Å². The van der Waals surface area contributed by atoms with Crippen LogP contribution >= 0.6 is 0 Å². The van der Waals surface area contributed by atoms with E-state index in [1.54, 1.807) is 13.3 Å². The first-order valence-electron chi connectivity index (χ1n) is 7.52. The molecule has 1 aromatic heterocycles. The SMILES string of the molecule is COc1cccc(-c2cnc(C(O)c3cc(C)cc(C)c3)[nH]2)c1. The van der Waals surface area contributed by atoms with Crippen LogP contribution in [0.25, 0.3) is 11.3 Å². The molecule has 0 amide bonds. The van der Waals surface area contributed by atoms with Crippen LogP contribution in [0.3, 0.4) is 0 Å². The summed E-state index contributed by atoms with van der Waals surface area (Å²) in [5.41, 5.74) is 4.91. The molecule has 0 fully saturated rings. The average molecular weight is 308 g/mol. The van der Waals surface area contributed by atoms with Gasteiger partial charge in [-0.3, -0.25) is 0 Å². The molecule has 0 saturated heterocycles. The van der Waals surface area contributed by atoms with Gasteiger partial charge in [-0.2, -0.15) is 0 Å². The summed E-state index contributed by atoms with van der Waals surface area (Å²) in [5, 5.41) is 10.6. The highest BCUT2D eigenvalue weighted by Crippen LogP contribution is 2.26. The molecular formula is C19H20N2O2. The molecule has 2 aromatic carbocycles. The first-order chi connectivity index (χ1) is 11.1. The molecule has 4 heteroatoms. The van der Waals surface area contributed by atoms with Crippen molar-refractivity contribution < 1.29 is 9.84 Å². The average Bonchev–Trinajstić information content (AvgIpc) is 3.03. The van der Waals surface area contributed by atoms with Gasteiger partial charge in [0, 0.05) is 5.56 Å². The van der Waals surface area contributed by atoms with Crippen LogP contribution in [0.4, 0.5) is 0 Å². The quantitative estimate of drug-likeness (QED) is 0.771. The van der Waals surface area contributed by atoms with Crippen LogP contribution in [0, 0.1) is 13.8 Å². The van der Waals surface area contributed by atoms with Crippen LogP contribution in [0.1, 0.15) is 28.6 Å². The maximum Gasteiger partial charge on any atom is 0.140 e. The van der Waals surface area contributed by atoms with Gasteiger partial charge in [0.2, 0.25) is 0 Å². The molecule has 0 bridgehead atoms. The molecule has 1 heterocycles. The molecule has 1 atom stereocenters. The molecule has 118 valence electrons. The van der Waals surface area contributed by atoms with Gasteiger partial charge in [0.1, 0.15) is 17.7 Å². The zero-order valence-electron chi connectivity index (χ0n) is 13.5. The number of ether oxygens (including phenoxy) is 1. The van der Waals surface area contributed by atoms with Crippen molar-refractivity contribution in [3.63, 3.8) is 0 Å². The molecule has 0 saturated carbocycles. The van der Waals surface area contributed by atoms with Crippen LogP contribution < -0.4 is 4.74 Å². The Bertz CT molecular complexity index is 803. The van der Waals surface area contributed by atoms with Crippen molar-refractivity contribution in [2.45, 2.75) is 20.0 Å². The lowest BCUT2D eigenvalue weighted by Crippen LogP contribution is -2.02. The Morgan fingerprint density at radius 3 is 2.52 bits per heavy atom. The van der Waals surface area contributed by atoms with Crippen molar-refractivity contribution in [2.24, 2.45) is 0 Å². The van der Waals surface area contributed by atoms with Crippen LogP contribution in [0.15, 0.2) is 48.7 Å². The number of benzene rings is 2. The molecular weight excluding hydrogens is 288 g/mol. The van der Waals surface area contributed by atoms with Gasteiger partial charge in [-0.25, -0.2) is 4.98 Å². The number of aliphatic hydroxyl groups is 1. The molecule has 3 aromatic rings. The molecule has 0 aliphatic rings. The van der Waals surface area contributed by atoms with E-state index in [0.29, 0.717) is 5.82 Å². The molecule has 4 nitrogen and oxygen atoms in total. The fourth-order valence-corrected chi connectivity index (χ4v) is 2.74. The van der Waals surface area contributed by atoms with Crippen LogP contribution in [0.2, 0.25) is 0 Å². The second-order valence-corrected chi connectivity index (χ2v) is 5.74. The number of imidazole rings is 1. The monoisotopic (exact) mass is 308 g/mol. The fourth-order valence-electron chi connectivity index (χ4n) is 2.74. The van der Waals surface area contributed by atoms with Gasteiger partial charge in [0.25, 0.3) is 0 Å². The molecule has 0 aliphatic carbocycles. The summed E-state index contributed by atoms with van der Waals surface area (Å²) in [7, 11) is 1.64. The second kappa shape index (κ2) is 6.26. The first kappa shape index (κ1) is 15.3. The van der Waals surface area contributed by atoms with Crippen molar-refractivity contribution in [2.75, 3.05) is 7.11 Å². The molecule has 23 heavy (non-hydrogen) atoms. The van der Waals surface area contributed by atoms with Crippen molar-refractivity contribution >= 4 is 0 Å². The third kappa shape index (κ3) is 3.27. The molecule has 3 rings (SSSR count). The normalized spacial score (nSPS) is 12.2. The number of H-pyrrole nitrogens is 1. The van der Waals surface area contributed by atoms with Crippen molar-refractivity contribution in [3.8, 4) is 17.0 Å². The van der Waals surface area contributed by atoms with E-state index in [2.05, 4.69) is 16.0 Å². The van der Waals surface area contributed by atoms with Gasteiger partial charge in [-0.15, -0.1) is 0 Å². The number of rotatable bonds is 4. The highest BCUT2D eigenvalue weighted by molar-refractivity contribution is 5.60. The lowest BCUT2D eigenvalue weighted by molar-refractivity contribution is 0.211. The van der Waals surface area contributed by atoms with Crippen molar-refractivity contribution in [1.82, 2.24) is 9.97 Å². The zero-order valence-corrected chi connectivity index (χ0v) is 13.5. The predicted octanol–water partition coefficient (Wildman–Crippen LogP) is 3.78. The lowest BCUT2D eigenvalue weighted by atomic mass is 10.0. The third-order valence-electron chi connectivity index (χ3n) is 3.79. The summed E-state index contributed by atoms with van der Waals surface area (Å²) in [5.74, 6) is 1.32. The summed E-state index contributed by atoms with van der Waals surface area (Å²) in [6.45, 7) is 4.04. The Morgan fingerprint density at radius 1 is 1.09 bits per heavy atom. The summed E-state index contributed by atoms with van der Waals surface area (Å²) in [4.78, 5) is 7.54. The highest BCUT2D eigenvalue weighted by Gasteiger charge is 2.15. The first-order valence-corrected chi connectivity index (χ1v) is 7.52. The van der Waals surface area contributed by atoms with E-state index in [1.165, 1.54) is 0 Å². The van der Waals surface area contributed by atoms with E-state index in [0.717, 1.165) is 33.7 Å². The maximum absolute atomic E-state index is 10.6. The maximum atomic E-state index is 10.6. The van der Waals surface area contributed by atoms with Gasteiger partial charge in [-0.1, -0.05) is 41.5 Å². The summed E-state index contributed by atoms with van der Waals surface area (Å²) in [6.07, 6.45) is 0.962.